The van der Waals surface area contributed by atoms with Gasteiger partial charge >= 0.3 is 0 Å². The first kappa shape index (κ1) is 22.6. The summed E-state index contributed by atoms with van der Waals surface area (Å²) in [5.74, 6) is -0.0448. The summed E-state index contributed by atoms with van der Waals surface area (Å²) in [4.78, 5) is 36.2. The molecule has 3 aromatic carbocycles. The number of phenols is 1. The van der Waals surface area contributed by atoms with Gasteiger partial charge in [-0.05, 0) is 55.6 Å². The van der Waals surface area contributed by atoms with Gasteiger partial charge in [0.1, 0.15) is 17.0 Å². The van der Waals surface area contributed by atoms with E-state index in [1.54, 1.807) is 35.0 Å². The number of likely N-dealkylation sites (tertiary alicyclic amines) is 1. The van der Waals surface area contributed by atoms with Crippen molar-refractivity contribution in [1.29, 1.82) is 0 Å². The summed E-state index contributed by atoms with van der Waals surface area (Å²) in [6.45, 7) is 3.46. The standard InChI is InChI=1S/C29H26N6O3/c36-24-17-19(34-13-10-18-6-1-2-9-23(18)34)16-22-27(24)31-26(28(37)30-22)20-7-5-8-21-25(20)32-35(29(21)38)15-14-33-11-3-4-12-33/h1-2,5-10,13,16-17,32,36H,3-4,11-12,14-15H2,(H,30,37). The second-order valence-electron chi connectivity index (χ2n) is 9.87. The van der Waals surface area contributed by atoms with E-state index in [1.165, 1.54) is 12.8 Å². The zero-order chi connectivity index (χ0) is 25.8. The highest BCUT2D eigenvalue weighted by molar-refractivity contribution is 5.94. The smallest absolute Gasteiger partial charge is 0.275 e. The van der Waals surface area contributed by atoms with E-state index in [0.717, 1.165) is 30.5 Å². The van der Waals surface area contributed by atoms with Crippen molar-refractivity contribution in [2.45, 2.75) is 19.4 Å². The van der Waals surface area contributed by atoms with E-state index >= 15 is 0 Å². The minimum atomic E-state index is -0.399. The van der Waals surface area contributed by atoms with E-state index in [2.05, 4.69) is 20.0 Å². The number of hydrogen-bond acceptors (Lipinski definition) is 5. The highest BCUT2D eigenvalue weighted by Crippen LogP contribution is 2.30. The summed E-state index contributed by atoms with van der Waals surface area (Å²) in [6.07, 6.45) is 4.31. The van der Waals surface area contributed by atoms with Crippen molar-refractivity contribution in [3.05, 3.63) is 87.6 Å². The number of aromatic hydroxyl groups is 1. The third-order valence-corrected chi connectivity index (χ3v) is 7.52. The first-order valence-electron chi connectivity index (χ1n) is 12.8. The Balaban J connectivity index is 1.32. The largest absolute Gasteiger partial charge is 0.506 e. The highest BCUT2D eigenvalue weighted by atomic mass is 16.3. The number of aromatic amines is 2. The number of nitrogens with one attached hydrogen (secondary N) is 2. The molecule has 0 bridgehead atoms. The van der Waals surface area contributed by atoms with Crippen LogP contribution in [0.1, 0.15) is 12.8 Å². The van der Waals surface area contributed by atoms with Crippen LogP contribution >= 0.6 is 0 Å². The van der Waals surface area contributed by atoms with Crippen molar-refractivity contribution in [2.75, 3.05) is 19.6 Å². The summed E-state index contributed by atoms with van der Waals surface area (Å²) in [5.41, 5.74) is 3.11. The van der Waals surface area contributed by atoms with Gasteiger partial charge in [-0.25, -0.2) is 4.98 Å². The Labute approximate surface area is 216 Å². The van der Waals surface area contributed by atoms with Crippen LogP contribution in [0.2, 0.25) is 0 Å². The number of nitrogens with zero attached hydrogens (tertiary/aromatic N) is 4. The summed E-state index contributed by atoms with van der Waals surface area (Å²) in [5, 5.41) is 15.7. The minimum absolute atomic E-state index is 0.0448. The number of rotatable bonds is 5. The second kappa shape index (κ2) is 8.74. The normalized spacial score (nSPS) is 14.3. The SMILES string of the molecule is O=c1[nH]c2cc(-n3ccc4ccccc43)cc(O)c2nc1-c1cccc2c(=O)n(CCN3CCCC3)[nH]c12. The third-order valence-electron chi connectivity index (χ3n) is 7.52. The first-order valence-corrected chi connectivity index (χ1v) is 12.8. The lowest BCUT2D eigenvalue weighted by molar-refractivity contribution is 0.314. The lowest BCUT2D eigenvalue weighted by Crippen LogP contribution is -2.28. The zero-order valence-corrected chi connectivity index (χ0v) is 20.6. The van der Waals surface area contributed by atoms with E-state index in [0.29, 0.717) is 34.2 Å². The number of aromatic nitrogens is 5. The summed E-state index contributed by atoms with van der Waals surface area (Å²) < 4.78 is 3.56. The second-order valence-corrected chi connectivity index (χ2v) is 9.87. The first-order chi connectivity index (χ1) is 18.6. The average Bonchev–Trinajstić information content (AvgIpc) is 3.66. The topological polar surface area (TPSA) is 112 Å². The molecular weight excluding hydrogens is 480 g/mol. The Morgan fingerprint density at radius 1 is 0.947 bits per heavy atom. The molecule has 0 spiro atoms. The maximum atomic E-state index is 13.3. The summed E-state index contributed by atoms with van der Waals surface area (Å²) in [6, 6.07) is 18.7. The van der Waals surface area contributed by atoms with Gasteiger partial charge < -0.3 is 19.6 Å². The van der Waals surface area contributed by atoms with Gasteiger partial charge in [-0.1, -0.05) is 30.3 Å². The molecule has 1 fully saturated rings. The van der Waals surface area contributed by atoms with Crippen LogP contribution in [0.5, 0.6) is 5.75 Å². The molecule has 0 saturated carbocycles. The van der Waals surface area contributed by atoms with E-state index in [9.17, 15) is 14.7 Å². The van der Waals surface area contributed by atoms with Crippen LogP contribution in [0, 0.1) is 0 Å². The Kier molecular flexibility index (Phi) is 5.19. The van der Waals surface area contributed by atoms with Gasteiger partial charge in [-0.15, -0.1) is 0 Å². The van der Waals surface area contributed by atoms with Crippen molar-refractivity contribution in [3.63, 3.8) is 0 Å². The minimum Gasteiger partial charge on any atom is -0.506 e. The van der Waals surface area contributed by atoms with Crippen LogP contribution in [0.25, 0.3) is 49.8 Å². The number of phenolic OH excluding ortho intramolecular Hbond substituents is 1. The number of para-hydroxylation sites is 2. The summed E-state index contributed by atoms with van der Waals surface area (Å²) in [7, 11) is 0. The molecule has 4 heterocycles. The molecule has 3 aromatic heterocycles. The van der Waals surface area contributed by atoms with Gasteiger partial charge in [0.25, 0.3) is 11.1 Å². The molecule has 0 radical (unpaired) electrons. The van der Waals surface area contributed by atoms with Gasteiger partial charge in [0.2, 0.25) is 0 Å². The van der Waals surface area contributed by atoms with Crippen molar-refractivity contribution >= 4 is 32.8 Å². The molecule has 0 unspecified atom stereocenters. The quantitative estimate of drug-likeness (QED) is 0.328. The summed E-state index contributed by atoms with van der Waals surface area (Å²) >= 11 is 0. The van der Waals surface area contributed by atoms with Crippen molar-refractivity contribution in [1.82, 2.24) is 29.2 Å². The Morgan fingerprint density at radius 2 is 1.79 bits per heavy atom. The number of fused-ring (bicyclic) bond motifs is 3. The molecule has 6 aromatic rings. The van der Waals surface area contributed by atoms with Crippen LogP contribution in [0.3, 0.4) is 0 Å². The molecule has 7 rings (SSSR count). The lowest BCUT2D eigenvalue weighted by Gasteiger charge is -2.13. The van der Waals surface area contributed by atoms with Crippen LogP contribution < -0.4 is 11.1 Å². The van der Waals surface area contributed by atoms with Crippen LogP contribution in [-0.2, 0) is 6.54 Å². The number of benzene rings is 3. The van der Waals surface area contributed by atoms with Gasteiger partial charge in [-0.2, -0.15) is 0 Å². The monoisotopic (exact) mass is 506 g/mol. The Bertz CT molecular complexity index is 1960. The molecular formula is C29H26N6O3. The van der Waals surface area contributed by atoms with Crippen molar-refractivity contribution < 1.29 is 5.11 Å². The molecule has 1 aliphatic heterocycles. The Hall–Kier alpha value is -4.63. The zero-order valence-electron chi connectivity index (χ0n) is 20.6. The molecule has 0 aliphatic carbocycles. The molecule has 1 aliphatic rings. The van der Waals surface area contributed by atoms with E-state index in [1.807, 2.05) is 41.1 Å². The highest BCUT2D eigenvalue weighted by Gasteiger charge is 2.18. The molecule has 9 nitrogen and oxygen atoms in total. The molecule has 9 heteroatoms. The molecule has 0 atom stereocenters. The van der Waals surface area contributed by atoms with E-state index in [-0.39, 0.29) is 22.5 Å². The molecule has 0 amide bonds. The van der Waals surface area contributed by atoms with Gasteiger partial charge in [0.05, 0.1) is 34.2 Å². The number of H-pyrrole nitrogens is 2. The lowest BCUT2D eigenvalue weighted by atomic mass is 10.1. The predicted octanol–water partition coefficient (Wildman–Crippen LogP) is 3.98. The van der Waals surface area contributed by atoms with Crippen molar-refractivity contribution in [2.24, 2.45) is 0 Å². The van der Waals surface area contributed by atoms with Gasteiger partial charge in [-0.3, -0.25) is 19.4 Å². The van der Waals surface area contributed by atoms with E-state index < -0.39 is 5.56 Å². The average molecular weight is 507 g/mol. The van der Waals surface area contributed by atoms with Crippen LogP contribution in [0.15, 0.2) is 76.4 Å². The Morgan fingerprint density at radius 3 is 2.66 bits per heavy atom. The van der Waals surface area contributed by atoms with E-state index in [4.69, 9.17) is 0 Å². The maximum Gasteiger partial charge on any atom is 0.275 e. The molecule has 1 saturated heterocycles. The fraction of sp³-hybridized carbons (Fsp3) is 0.207. The van der Waals surface area contributed by atoms with Crippen LogP contribution in [0.4, 0.5) is 0 Å². The van der Waals surface area contributed by atoms with Gasteiger partial charge in [0, 0.05) is 24.4 Å². The van der Waals surface area contributed by atoms with Crippen LogP contribution in [-0.4, -0.2) is 54.0 Å². The van der Waals surface area contributed by atoms with Gasteiger partial charge in [0.15, 0.2) is 0 Å². The van der Waals surface area contributed by atoms with Crippen molar-refractivity contribution in [3.8, 4) is 22.7 Å². The molecule has 38 heavy (non-hydrogen) atoms. The molecule has 190 valence electrons. The number of hydrogen-bond donors (Lipinski definition) is 3. The fourth-order valence-electron chi connectivity index (χ4n) is 5.58. The fourth-order valence-corrected chi connectivity index (χ4v) is 5.58. The third kappa shape index (κ3) is 3.62. The predicted molar refractivity (Wildman–Crippen MR) is 148 cm³/mol. The maximum absolute atomic E-state index is 13.3. The molecule has 3 N–H and O–H groups in total.